The number of nitrogens with zero attached hydrogens (tertiary/aromatic N) is 2. The second kappa shape index (κ2) is 9.24. The van der Waals surface area contributed by atoms with Gasteiger partial charge in [-0.05, 0) is 42.0 Å². The fraction of sp³-hybridized carbons (Fsp3) is 0.300. The molecule has 0 radical (unpaired) electrons. The minimum atomic E-state index is -0.364. The number of halogens is 2. The molecule has 1 aliphatic heterocycles. The van der Waals surface area contributed by atoms with E-state index in [1.165, 1.54) is 24.3 Å². The molecular weight excluding hydrogens is 387 g/mol. The van der Waals surface area contributed by atoms with E-state index in [4.69, 9.17) is 11.6 Å². The molecule has 3 rings (SSSR count). The van der Waals surface area contributed by atoms with Gasteiger partial charge in [-0.2, -0.15) is 0 Å². The molecule has 1 fully saturated rings. The molecule has 2 aromatic carbocycles. The molecule has 4 nitrogen and oxygen atoms in total. The van der Waals surface area contributed by atoms with E-state index in [0.29, 0.717) is 42.5 Å². The van der Waals surface area contributed by atoms with Crippen LogP contribution >= 0.6 is 23.4 Å². The second-order valence-electron chi connectivity index (χ2n) is 6.30. The molecule has 0 saturated carbocycles. The highest BCUT2D eigenvalue weighted by Gasteiger charge is 2.24. The Hall–Kier alpha value is -2.05. The van der Waals surface area contributed by atoms with Gasteiger partial charge in [0.2, 0.25) is 5.91 Å². The van der Waals surface area contributed by atoms with Crippen LogP contribution in [-0.4, -0.2) is 53.5 Å². The second-order valence-corrected chi connectivity index (χ2v) is 7.72. The zero-order valence-electron chi connectivity index (χ0n) is 14.7. The molecule has 1 saturated heterocycles. The Labute approximate surface area is 167 Å². The maximum Gasteiger partial charge on any atom is 0.253 e. The Balaban J connectivity index is 1.43. The van der Waals surface area contributed by atoms with E-state index in [2.05, 4.69) is 0 Å². The van der Waals surface area contributed by atoms with E-state index in [1.807, 2.05) is 24.3 Å². The first-order chi connectivity index (χ1) is 13.0. The Bertz CT molecular complexity index is 808. The molecule has 0 aromatic heterocycles. The quantitative estimate of drug-likeness (QED) is 0.760. The summed E-state index contributed by atoms with van der Waals surface area (Å²) in [5, 5.41) is 0.696. The van der Waals surface area contributed by atoms with Crippen molar-refractivity contribution < 1.29 is 14.0 Å². The number of hydrogen-bond acceptors (Lipinski definition) is 3. The third-order valence-corrected chi connectivity index (χ3v) is 5.62. The lowest BCUT2D eigenvalue weighted by atomic mass is 10.2. The summed E-state index contributed by atoms with van der Waals surface area (Å²) in [6, 6.07) is 13.2. The third kappa shape index (κ3) is 5.47. The molecule has 142 valence electrons. The molecule has 0 N–H and O–H groups in total. The maximum absolute atomic E-state index is 13.0. The molecule has 2 amide bonds. The summed E-state index contributed by atoms with van der Waals surface area (Å²) in [5.41, 5.74) is 1.56. The van der Waals surface area contributed by atoms with Crippen LogP contribution < -0.4 is 0 Å². The summed E-state index contributed by atoms with van der Waals surface area (Å²) in [4.78, 5) is 28.3. The summed E-state index contributed by atoms with van der Waals surface area (Å²) in [5.74, 6) is 0.721. The fourth-order valence-corrected chi connectivity index (χ4v) is 4.00. The van der Waals surface area contributed by atoms with Crippen LogP contribution in [0.15, 0.2) is 48.5 Å². The Morgan fingerprint density at radius 1 is 1.00 bits per heavy atom. The Kier molecular flexibility index (Phi) is 6.74. The van der Waals surface area contributed by atoms with E-state index in [0.717, 1.165) is 11.3 Å². The van der Waals surface area contributed by atoms with Crippen LogP contribution in [0.2, 0.25) is 5.02 Å². The predicted octanol–water partition coefficient (Wildman–Crippen LogP) is 3.70. The molecule has 0 aliphatic carbocycles. The Morgan fingerprint density at radius 3 is 2.33 bits per heavy atom. The fourth-order valence-electron chi connectivity index (χ4n) is 2.91. The van der Waals surface area contributed by atoms with E-state index in [9.17, 15) is 14.0 Å². The van der Waals surface area contributed by atoms with Gasteiger partial charge in [0.1, 0.15) is 5.82 Å². The van der Waals surface area contributed by atoms with Crippen LogP contribution in [0.5, 0.6) is 0 Å². The zero-order valence-corrected chi connectivity index (χ0v) is 16.3. The maximum atomic E-state index is 13.0. The lowest BCUT2D eigenvalue weighted by molar-refractivity contribution is -0.129. The van der Waals surface area contributed by atoms with Gasteiger partial charge in [0.05, 0.1) is 5.75 Å². The SMILES string of the molecule is O=C(CSCc1cccc(Cl)c1)N1CCN(C(=O)c2ccc(F)cc2)CC1. The topological polar surface area (TPSA) is 40.6 Å². The van der Waals surface area contributed by atoms with Crippen molar-refractivity contribution in [1.29, 1.82) is 0 Å². The number of rotatable bonds is 5. The van der Waals surface area contributed by atoms with Gasteiger partial charge in [0, 0.05) is 42.5 Å². The van der Waals surface area contributed by atoms with Crippen LogP contribution in [-0.2, 0) is 10.5 Å². The molecule has 2 aromatic rings. The largest absolute Gasteiger partial charge is 0.338 e. The molecule has 1 aliphatic rings. The van der Waals surface area contributed by atoms with Crippen LogP contribution in [0.1, 0.15) is 15.9 Å². The van der Waals surface area contributed by atoms with Crippen molar-refractivity contribution >= 4 is 35.2 Å². The minimum Gasteiger partial charge on any atom is -0.338 e. The lowest BCUT2D eigenvalue weighted by Gasteiger charge is -2.34. The zero-order chi connectivity index (χ0) is 19.2. The number of benzene rings is 2. The number of hydrogen-bond donors (Lipinski definition) is 0. The summed E-state index contributed by atoms with van der Waals surface area (Å²) >= 11 is 7.52. The monoisotopic (exact) mass is 406 g/mol. The van der Waals surface area contributed by atoms with Gasteiger partial charge in [-0.25, -0.2) is 4.39 Å². The van der Waals surface area contributed by atoms with Crippen molar-refractivity contribution in [3.05, 3.63) is 70.5 Å². The summed E-state index contributed by atoms with van der Waals surface area (Å²) < 4.78 is 13.0. The summed E-state index contributed by atoms with van der Waals surface area (Å²) in [6.07, 6.45) is 0. The molecule has 27 heavy (non-hydrogen) atoms. The first kappa shape index (κ1) is 19.7. The van der Waals surface area contributed by atoms with Crippen molar-refractivity contribution in [2.24, 2.45) is 0 Å². The van der Waals surface area contributed by atoms with E-state index in [1.54, 1.807) is 21.6 Å². The number of carbonyl (C=O) groups is 2. The predicted molar refractivity (Wildman–Crippen MR) is 106 cm³/mol. The van der Waals surface area contributed by atoms with Crippen molar-refractivity contribution in [2.75, 3.05) is 31.9 Å². The van der Waals surface area contributed by atoms with Crippen LogP contribution in [0.4, 0.5) is 4.39 Å². The van der Waals surface area contributed by atoms with E-state index in [-0.39, 0.29) is 17.6 Å². The highest BCUT2D eigenvalue weighted by molar-refractivity contribution is 7.99. The smallest absolute Gasteiger partial charge is 0.253 e. The number of amides is 2. The van der Waals surface area contributed by atoms with Gasteiger partial charge < -0.3 is 9.80 Å². The van der Waals surface area contributed by atoms with Crippen molar-refractivity contribution in [2.45, 2.75) is 5.75 Å². The average molecular weight is 407 g/mol. The van der Waals surface area contributed by atoms with E-state index < -0.39 is 0 Å². The molecular formula is C20H20ClFN2O2S. The van der Waals surface area contributed by atoms with Crippen molar-refractivity contribution in [3.8, 4) is 0 Å². The molecule has 0 bridgehead atoms. The molecule has 0 spiro atoms. The number of thioether (sulfide) groups is 1. The Morgan fingerprint density at radius 2 is 1.67 bits per heavy atom. The molecule has 7 heteroatoms. The van der Waals surface area contributed by atoms with Crippen molar-refractivity contribution in [3.63, 3.8) is 0 Å². The van der Waals surface area contributed by atoms with Gasteiger partial charge in [-0.1, -0.05) is 23.7 Å². The molecule has 1 heterocycles. The van der Waals surface area contributed by atoms with E-state index >= 15 is 0 Å². The first-order valence-corrected chi connectivity index (χ1v) is 10.2. The molecule has 0 unspecified atom stereocenters. The normalized spacial score (nSPS) is 14.3. The number of carbonyl (C=O) groups excluding carboxylic acids is 2. The standard InChI is InChI=1S/C20H20ClFN2O2S/c21-17-3-1-2-15(12-17)13-27-14-19(25)23-8-10-24(11-9-23)20(26)16-4-6-18(22)7-5-16/h1-7,12H,8-11,13-14H2. The van der Waals surface area contributed by atoms with Gasteiger partial charge >= 0.3 is 0 Å². The lowest BCUT2D eigenvalue weighted by Crippen LogP contribution is -2.51. The third-order valence-electron chi connectivity index (χ3n) is 4.39. The van der Waals surface area contributed by atoms with Gasteiger partial charge in [-0.15, -0.1) is 11.8 Å². The summed E-state index contributed by atoms with van der Waals surface area (Å²) in [6.45, 7) is 2.01. The average Bonchev–Trinajstić information content (AvgIpc) is 2.68. The number of piperazine rings is 1. The van der Waals surface area contributed by atoms with Crippen LogP contribution in [0, 0.1) is 5.82 Å². The van der Waals surface area contributed by atoms with Gasteiger partial charge in [-0.3, -0.25) is 9.59 Å². The molecule has 0 atom stereocenters. The van der Waals surface area contributed by atoms with Crippen molar-refractivity contribution in [1.82, 2.24) is 9.80 Å². The summed E-state index contributed by atoms with van der Waals surface area (Å²) in [7, 11) is 0. The minimum absolute atomic E-state index is 0.0795. The highest BCUT2D eigenvalue weighted by atomic mass is 35.5. The van der Waals surface area contributed by atoms with Crippen LogP contribution in [0.25, 0.3) is 0 Å². The van der Waals surface area contributed by atoms with Crippen LogP contribution in [0.3, 0.4) is 0 Å². The van der Waals surface area contributed by atoms with Gasteiger partial charge in [0.15, 0.2) is 0 Å². The van der Waals surface area contributed by atoms with Gasteiger partial charge in [0.25, 0.3) is 5.91 Å². The first-order valence-electron chi connectivity index (χ1n) is 8.68. The highest BCUT2D eigenvalue weighted by Crippen LogP contribution is 2.17.